The van der Waals surface area contributed by atoms with Crippen LogP contribution in [0.3, 0.4) is 0 Å². The SMILES string of the molecule is O=C1CC2C(=O)NC(=O)C2N1. The van der Waals surface area contributed by atoms with Crippen LogP contribution in [0.1, 0.15) is 6.42 Å². The molecule has 0 saturated carbocycles. The first-order chi connectivity index (χ1) is 5.18. The summed E-state index contributed by atoms with van der Waals surface area (Å²) in [5, 5.41) is 4.57. The number of carbonyl (C=O) groups excluding carboxylic acids is 3. The van der Waals surface area contributed by atoms with E-state index in [0.29, 0.717) is 0 Å². The molecule has 0 aromatic rings. The molecule has 0 aromatic heterocycles. The second-order valence-corrected chi connectivity index (χ2v) is 2.71. The van der Waals surface area contributed by atoms with Crippen LogP contribution < -0.4 is 10.6 Å². The molecule has 0 radical (unpaired) electrons. The molecule has 5 nitrogen and oxygen atoms in total. The van der Waals surface area contributed by atoms with E-state index in [0.717, 1.165) is 0 Å². The molecular formula is C6H6N2O3. The first-order valence-corrected chi connectivity index (χ1v) is 3.32. The number of amides is 3. The van der Waals surface area contributed by atoms with Crippen molar-refractivity contribution in [3.8, 4) is 0 Å². The third-order valence-corrected chi connectivity index (χ3v) is 1.99. The summed E-state index contributed by atoms with van der Waals surface area (Å²) in [6.45, 7) is 0. The molecule has 2 unspecified atom stereocenters. The summed E-state index contributed by atoms with van der Waals surface area (Å²) >= 11 is 0. The van der Waals surface area contributed by atoms with E-state index in [1.165, 1.54) is 0 Å². The van der Waals surface area contributed by atoms with Crippen molar-refractivity contribution in [1.82, 2.24) is 10.6 Å². The molecule has 58 valence electrons. The van der Waals surface area contributed by atoms with Crippen molar-refractivity contribution in [3.63, 3.8) is 0 Å². The summed E-state index contributed by atoms with van der Waals surface area (Å²) < 4.78 is 0. The van der Waals surface area contributed by atoms with E-state index in [4.69, 9.17) is 0 Å². The van der Waals surface area contributed by atoms with Crippen LogP contribution in [0.15, 0.2) is 0 Å². The predicted octanol–water partition coefficient (Wildman–Crippen LogP) is -1.85. The van der Waals surface area contributed by atoms with Gasteiger partial charge >= 0.3 is 0 Å². The quantitative estimate of drug-likeness (QED) is 0.402. The van der Waals surface area contributed by atoms with E-state index in [1.54, 1.807) is 0 Å². The third kappa shape index (κ3) is 0.736. The van der Waals surface area contributed by atoms with Crippen LogP contribution in [0.5, 0.6) is 0 Å². The Morgan fingerprint density at radius 1 is 1.18 bits per heavy atom. The fourth-order valence-electron chi connectivity index (χ4n) is 1.43. The predicted molar refractivity (Wildman–Crippen MR) is 33.2 cm³/mol. The summed E-state index contributed by atoms with van der Waals surface area (Å²) in [5.41, 5.74) is 0. The molecule has 2 N–H and O–H groups in total. The largest absolute Gasteiger partial charge is 0.343 e. The summed E-state index contributed by atoms with van der Waals surface area (Å²) in [4.78, 5) is 32.5. The smallest absolute Gasteiger partial charge is 0.249 e. The van der Waals surface area contributed by atoms with Crippen LogP contribution in [0, 0.1) is 5.92 Å². The standard InChI is InChI=1S/C6H6N2O3/c9-3-1-2-4(7-3)6(11)8-5(2)10/h2,4H,1H2,(H,7,9)(H,8,10,11). The Morgan fingerprint density at radius 3 is 2.55 bits per heavy atom. The summed E-state index contributed by atoms with van der Waals surface area (Å²) in [7, 11) is 0. The van der Waals surface area contributed by atoms with Crippen molar-refractivity contribution in [1.29, 1.82) is 0 Å². The molecule has 2 heterocycles. The van der Waals surface area contributed by atoms with Gasteiger partial charge in [0.1, 0.15) is 6.04 Å². The minimum atomic E-state index is -0.602. The molecule has 2 aliphatic rings. The van der Waals surface area contributed by atoms with Gasteiger partial charge < -0.3 is 5.32 Å². The van der Waals surface area contributed by atoms with Gasteiger partial charge in [-0.3, -0.25) is 19.7 Å². The molecule has 0 bridgehead atoms. The molecule has 2 saturated heterocycles. The van der Waals surface area contributed by atoms with E-state index < -0.39 is 12.0 Å². The average Bonchev–Trinajstić information content (AvgIpc) is 2.38. The summed E-state index contributed by atoms with van der Waals surface area (Å²) in [6.07, 6.45) is 0.141. The minimum absolute atomic E-state index is 0.141. The zero-order valence-electron chi connectivity index (χ0n) is 5.59. The zero-order chi connectivity index (χ0) is 8.01. The number of hydrogen-bond acceptors (Lipinski definition) is 3. The highest BCUT2D eigenvalue weighted by Crippen LogP contribution is 2.21. The number of fused-ring (bicyclic) bond motifs is 1. The lowest BCUT2D eigenvalue weighted by Crippen LogP contribution is -2.36. The lowest BCUT2D eigenvalue weighted by molar-refractivity contribution is -0.129. The van der Waals surface area contributed by atoms with E-state index in [9.17, 15) is 14.4 Å². The van der Waals surface area contributed by atoms with E-state index in [1.807, 2.05) is 0 Å². The van der Waals surface area contributed by atoms with E-state index >= 15 is 0 Å². The van der Waals surface area contributed by atoms with Crippen LogP contribution in [0.4, 0.5) is 0 Å². The number of carbonyl (C=O) groups is 3. The molecule has 0 spiro atoms. The van der Waals surface area contributed by atoms with Crippen LogP contribution >= 0.6 is 0 Å². The van der Waals surface area contributed by atoms with Crippen molar-refractivity contribution in [3.05, 3.63) is 0 Å². The number of rotatable bonds is 0. The Hall–Kier alpha value is -1.39. The van der Waals surface area contributed by atoms with Crippen molar-refractivity contribution < 1.29 is 14.4 Å². The Morgan fingerprint density at radius 2 is 1.91 bits per heavy atom. The highest BCUT2D eigenvalue weighted by Gasteiger charge is 2.47. The molecule has 11 heavy (non-hydrogen) atoms. The molecule has 2 rings (SSSR count). The van der Waals surface area contributed by atoms with Gasteiger partial charge in [-0.25, -0.2) is 0 Å². The molecule has 2 aliphatic heterocycles. The second kappa shape index (κ2) is 1.81. The molecule has 3 amide bonds. The molecule has 5 heteroatoms. The fourth-order valence-corrected chi connectivity index (χ4v) is 1.43. The summed E-state index contributed by atoms with van der Waals surface area (Å²) in [5.74, 6) is -1.40. The highest BCUT2D eigenvalue weighted by atomic mass is 16.2. The maximum absolute atomic E-state index is 10.9. The third-order valence-electron chi connectivity index (χ3n) is 1.99. The Bertz CT molecular complexity index is 237. The Kier molecular flexibility index (Phi) is 1.04. The number of imide groups is 1. The van der Waals surface area contributed by atoms with Crippen LogP contribution in [-0.4, -0.2) is 23.8 Å². The van der Waals surface area contributed by atoms with Crippen LogP contribution in [0.25, 0.3) is 0 Å². The first kappa shape index (κ1) is 6.33. The van der Waals surface area contributed by atoms with Crippen molar-refractivity contribution in [2.45, 2.75) is 12.5 Å². The normalized spacial score (nSPS) is 35.1. The van der Waals surface area contributed by atoms with Crippen LogP contribution in [0.2, 0.25) is 0 Å². The van der Waals surface area contributed by atoms with Crippen LogP contribution in [-0.2, 0) is 14.4 Å². The zero-order valence-corrected chi connectivity index (χ0v) is 5.59. The van der Waals surface area contributed by atoms with Gasteiger partial charge in [-0.05, 0) is 0 Å². The topological polar surface area (TPSA) is 75.3 Å². The minimum Gasteiger partial charge on any atom is -0.343 e. The monoisotopic (exact) mass is 154 g/mol. The molecule has 2 atom stereocenters. The maximum Gasteiger partial charge on any atom is 0.249 e. The fraction of sp³-hybridized carbons (Fsp3) is 0.500. The number of hydrogen-bond donors (Lipinski definition) is 2. The van der Waals surface area contributed by atoms with Gasteiger partial charge in [-0.1, -0.05) is 0 Å². The van der Waals surface area contributed by atoms with E-state index in [-0.39, 0.29) is 24.1 Å². The van der Waals surface area contributed by atoms with Crippen molar-refractivity contribution in [2.24, 2.45) is 5.92 Å². The average molecular weight is 154 g/mol. The lowest BCUT2D eigenvalue weighted by Gasteiger charge is -1.99. The van der Waals surface area contributed by atoms with Gasteiger partial charge in [0.15, 0.2) is 0 Å². The molecule has 2 fully saturated rings. The van der Waals surface area contributed by atoms with Crippen molar-refractivity contribution in [2.75, 3.05) is 0 Å². The van der Waals surface area contributed by atoms with Gasteiger partial charge in [0.2, 0.25) is 17.7 Å². The van der Waals surface area contributed by atoms with Gasteiger partial charge in [-0.2, -0.15) is 0 Å². The molecule has 0 aromatic carbocycles. The van der Waals surface area contributed by atoms with Gasteiger partial charge in [-0.15, -0.1) is 0 Å². The van der Waals surface area contributed by atoms with Gasteiger partial charge in [0.25, 0.3) is 0 Å². The van der Waals surface area contributed by atoms with E-state index in [2.05, 4.69) is 10.6 Å². The van der Waals surface area contributed by atoms with Gasteiger partial charge in [0, 0.05) is 6.42 Å². The Labute approximate surface area is 62.1 Å². The first-order valence-electron chi connectivity index (χ1n) is 3.32. The highest BCUT2D eigenvalue weighted by molar-refractivity contribution is 6.11. The van der Waals surface area contributed by atoms with Gasteiger partial charge in [0.05, 0.1) is 5.92 Å². The summed E-state index contributed by atoms with van der Waals surface area (Å²) in [6, 6.07) is -0.602. The number of nitrogens with one attached hydrogen (secondary N) is 2. The second-order valence-electron chi connectivity index (χ2n) is 2.71. The lowest BCUT2D eigenvalue weighted by atomic mass is 10.0. The molecule has 0 aliphatic carbocycles. The Balaban J connectivity index is 2.29. The maximum atomic E-state index is 10.9. The molecular weight excluding hydrogens is 148 g/mol. The van der Waals surface area contributed by atoms with Crippen molar-refractivity contribution >= 4 is 17.7 Å².